The van der Waals surface area contributed by atoms with Gasteiger partial charge in [-0.2, -0.15) is 42.6 Å². The summed E-state index contributed by atoms with van der Waals surface area (Å²) < 4.78 is 0. The quantitative estimate of drug-likeness (QED) is 0.157. The molecule has 2 saturated heterocycles. The molecule has 2 heterocycles. The molecule has 1 aromatic rings. The van der Waals surface area contributed by atoms with Crippen LogP contribution < -0.4 is 0 Å². The minimum Gasteiger partial charge on any atom is -0.696 e. The zero-order valence-corrected chi connectivity index (χ0v) is 24.3. The van der Waals surface area contributed by atoms with Crippen LogP contribution in [-0.4, -0.2) is 49.1 Å². The van der Waals surface area contributed by atoms with Gasteiger partial charge in [-0.1, -0.05) is 87.5 Å². The molecule has 0 amide bonds. The molecular weight excluding hydrogens is 551 g/mol. The molecule has 3 aliphatic rings. The third kappa shape index (κ3) is 21.5. The van der Waals surface area contributed by atoms with Crippen molar-refractivity contribution >= 4 is 49.2 Å². The SMILES string of the molecule is C1CCC(C2CCCC[N-]2)[N-]C1.N#C[S-].N#C[S-].[CH2-]C1CCCCC1.[CH2-]c1ccccc1.[Sn+4]. The molecular formula is C26H38N4S2Sn-2. The summed E-state index contributed by atoms with van der Waals surface area (Å²) >= 11 is 7.40. The zero-order valence-electron chi connectivity index (χ0n) is 19.8. The molecule has 7 heteroatoms. The van der Waals surface area contributed by atoms with Crippen molar-refractivity contribution in [2.45, 2.75) is 82.7 Å². The van der Waals surface area contributed by atoms with Crippen molar-refractivity contribution in [2.24, 2.45) is 5.92 Å². The average Bonchev–Trinajstić information content (AvgIpc) is 2.83. The summed E-state index contributed by atoms with van der Waals surface area (Å²) in [4.78, 5) is 0. The number of rotatable bonds is 1. The van der Waals surface area contributed by atoms with E-state index in [1.165, 1.54) is 81.4 Å². The molecule has 2 unspecified atom stereocenters. The van der Waals surface area contributed by atoms with Crippen LogP contribution in [0.15, 0.2) is 30.3 Å². The van der Waals surface area contributed by atoms with E-state index in [4.69, 9.17) is 10.5 Å². The number of hydrogen-bond acceptors (Lipinski definition) is 4. The molecule has 1 aromatic carbocycles. The van der Waals surface area contributed by atoms with E-state index in [-0.39, 0.29) is 23.9 Å². The van der Waals surface area contributed by atoms with Gasteiger partial charge in [0.05, 0.1) is 0 Å². The van der Waals surface area contributed by atoms with Gasteiger partial charge in [-0.15, -0.1) is 25.2 Å². The van der Waals surface area contributed by atoms with E-state index in [1.807, 2.05) is 30.3 Å². The number of benzene rings is 1. The fourth-order valence-electron chi connectivity index (χ4n) is 3.92. The molecule has 0 spiro atoms. The summed E-state index contributed by atoms with van der Waals surface area (Å²) in [6, 6.07) is 11.1. The minimum absolute atomic E-state index is 0. The molecule has 2 aliphatic heterocycles. The Morgan fingerprint density at radius 3 is 1.36 bits per heavy atom. The molecule has 33 heavy (non-hydrogen) atoms. The van der Waals surface area contributed by atoms with E-state index >= 15 is 0 Å². The van der Waals surface area contributed by atoms with E-state index in [2.05, 4.69) is 49.7 Å². The van der Waals surface area contributed by atoms with Crippen molar-refractivity contribution in [1.29, 1.82) is 10.5 Å². The Hall–Kier alpha value is -0.771. The van der Waals surface area contributed by atoms with Crippen molar-refractivity contribution in [3.05, 3.63) is 60.4 Å². The zero-order chi connectivity index (χ0) is 23.9. The summed E-state index contributed by atoms with van der Waals surface area (Å²) in [6.45, 7) is 9.91. The number of piperidine rings is 2. The first-order chi connectivity index (χ1) is 15.6. The van der Waals surface area contributed by atoms with E-state index in [1.54, 1.807) is 0 Å². The molecule has 1 saturated carbocycles. The van der Waals surface area contributed by atoms with Crippen molar-refractivity contribution in [3.63, 3.8) is 0 Å². The van der Waals surface area contributed by atoms with Crippen LogP contribution in [-0.2, 0) is 25.3 Å². The summed E-state index contributed by atoms with van der Waals surface area (Å²) in [5.74, 6) is 0.786. The number of nitrogens with zero attached hydrogens (tertiary/aromatic N) is 4. The maximum atomic E-state index is 7.13. The van der Waals surface area contributed by atoms with Gasteiger partial charge in [-0.25, -0.2) is 10.5 Å². The van der Waals surface area contributed by atoms with Crippen molar-refractivity contribution in [2.75, 3.05) is 13.1 Å². The normalized spacial score (nSPS) is 21.4. The van der Waals surface area contributed by atoms with Gasteiger partial charge < -0.3 is 42.8 Å². The van der Waals surface area contributed by atoms with Gasteiger partial charge in [-0.05, 0) is 0 Å². The largest absolute Gasteiger partial charge is 4.00 e. The second-order valence-electron chi connectivity index (χ2n) is 8.11. The van der Waals surface area contributed by atoms with E-state index in [0.717, 1.165) is 24.6 Å². The first-order valence-electron chi connectivity index (χ1n) is 11.6. The van der Waals surface area contributed by atoms with Gasteiger partial charge in [0, 0.05) is 0 Å². The van der Waals surface area contributed by atoms with E-state index in [0.29, 0.717) is 12.1 Å². The monoisotopic (exact) mass is 590 g/mol. The molecule has 3 fully saturated rings. The second kappa shape index (κ2) is 25.8. The van der Waals surface area contributed by atoms with Crippen LogP contribution in [0.4, 0.5) is 0 Å². The third-order valence-corrected chi connectivity index (χ3v) is 5.55. The van der Waals surface area contributed by atoms with Gasteiger partial charge in [0.1, 0.15) is 0 Å². The number of hydrogen-bond donors (Lipinski definition) is 0. The molecule has 2 atom stereocenters. The molecule has 4 rings (SSSR count). The number of nitriles is 2. The standard InChI is InChI=1S/C10H18N2.C7H13.C7H7.2CHNS.Sn/c1-3-7-11-9(5-1)10-6-2-4-8-12-10;2*1-7-5-3-2-4-6-7;2*2-1-3;/h9-10H,1-8H2;7H,1-6H2;2-6H,1H2;2*3H;/q-2;2*-1;;;+4/p-2. The summed E-state index contributed by atoms with van der Waals surface area (Å²) in [7, 11) is 0. The van der Waals surface area contributed by atoms with E-state index < -0.39 is 0 Å². The van der Waals surface area contributed by atoms with Crippen LogP contribution in [0.5, 0.6) is 0 Å². The second-order valence-corrected chi connectivity index (χ2v) is 8.48. The van der Waals surface area contributed by atoms with Crippen molar-refractivity contribution in [1.82, 2.24) is 0 Å². The third-order valence-electron chi connectivity index (χ3n) is 5.55. The van der Waals surface area contributed by atoms with Crippen molar-refractivity contribution in [3.8, 4) is 10.8 Å². The van der Waals surface area contributed by atoms with Crippen LogP contribution in [0.25, 0.3) is 10.6 Å². The molecule has 0 N–H and O–H groups in total. The molecule has 1 aliphatic carbocycles. The fraction of sp³-hybridized carbons (Fsp3) is 0.615. The molecule has 0 aromatic heterocycles. The molecule has 0 bridgehead atoms. The predicted octanol–water partition coefficient (Wildman–Crippen LogP) is 6.76. The first-order valence-corrected chi connectivity index (χ1v) is 12.5. The summed E-state index contributed by atoms with van der Waals surface area (Å²) in [5, 5.41) is 26.3. The van der Waals surface area contributed by atoms with Gasteiger partial charge in [0.25, 0.3) is 0 Å². The van der Waals surface area contributed by atoms with Gasteiger partial charge in [0.15, 0.2) is 0 Å². The first kappa shape index (κ1) is 34.4. The Balaban J connectivity index is 0. The van der Waals surface area contributed by atoms with Crippen LogP contribution in [0, 0.1) is 41.1 Å². The average molecular weight is 589 g/mol. The summed E-state index contributed by atoms with van der Waals surface area (Å²) in [6.07, 6.45) is 15.0. The topological polar surface area (TPSA) is 75.8 Å². The maximum Gasteiger partial charge on any atom is 4.00 e. The smallest absolute Gasteiger partial charge is 0.696 e. The maximum absolute atomic E-state index is 7.13. The molecule has 4 nitrogen and oxygen atoms in total. The molecule has 0 radical (unpaired) electrons. The predicted molar refractivity (Wildman–Crippen MR) is 146 cm³/mol. The van der Waals surface area contributed by atoms with Crippen LogP contribution in [0.3, 0.4) is 0 Å². The fourth-order valence-corrected chi connectivity index (χ4v) is 3.92. The van der Waals surface area contributed by atoms with Gasteiger partial charge in [0.2, 0.25) is 0 Å². The Morgan fingerprint density at radius 2 is 1.12 bits per heavy atom. The van der Waals surface area contributed by atoms with Crippen molar-refractivity contribution < 1.29 is 0 Å². The summed E-state index contributed by atoms with van der Waals surface area (Å²) in [5.41, 5.74) is 1.07. The minimum atomic E-state index is 0. The Morgan fingerprint density at radius 1 is 0.727 bits per heavy atom. The molecule has 180 valence electrons. The Labute approximate surface area is 231 Å². The Bertz CT molecular complexity index is 573. The van der Waals surface area contributed by atoms with Gasteiger partial charge in [-0.3, -0.25) is 0 Å². The van der Waals surface area contributed by atoms with Gasteiger partial charge >= 0.3 is 23.9 Å². The Kier molecular flexibility index (Phi) is 26.9. The van der Waals surface area contributed by atoms with Crippen LogP contribution in [0.1, 0.15) is 76.2 Å². The van der Waals surface area contributed by atoms with E-state index in [9.17, 15) is 0 Å². The van der Waals surface area contributed by atoms with Crippen LogP contribution in [0.2, 0.25) is 0 Å². The van der Waals surface area contributed by atoms with Crippen LogP contribution >= 0.6 is 0 Å². The number of thiocyanates is 2.